The first-order chi connectivity index (χ1) is 21.3. The first-order valence-electron chi connectivity index (χ1n) is 12.9. The van der Waals surface area contributed by atoms with Crippen LogP contribution in [-0.2, 0) is 36.7 Å². The number of rotatable bonds is 2. The number of halogens is 1. The Morgan fingerprint density at radius 1 is 0.911 bits per heavy atom. The number of nitrogens with two attached hydrogens (primary N) is 2. The molecule has 7 heterocycles. The Bertz CT molecular complexity index is 1950. The fourth-order valence-electron chi connectivity index (χ4n) is 5.26. The molecule has 4 aromatic rings. The number of aromatic amines is 1. The lowest BCUT2D eigenvalue weighted by atomic mass is 10.1. The summed E-state index contributed by atoms with van der Waals surface area (Å²) in [5, 5.41) is 11.1. The van der Waals surface area contributed by atoms with Crippen molar-refractivity contribution < 1.29 is 46.2 Å². The van der Waals surface area contributed by atoms with E-state index in [9.17, 15) is 19.0 Å². The number of H-pyrrole nitrogens is 1. The minimum Gasteiger partial charge on any atom is -0.387 e. The van der Waals surface area contributed by atoms with Gasteiger partial charge in [-0.1, -0.05) is 24.5 Å². The van der Waals surface area contributed by atoms with Crippen LogP contribution in [0.3, 0.4) is 0 Å². The third-order valence-electron chi connectivity index (χ3n) is 7.28. The SMILES string of the molecule is Nc1nc2c(ncn2[C@@H]2OC3CO[P@@](=O)(S)O[C@@H]4[C@H](O)C(CO[P@@](=O)(S)O[C@H]3[C@H]2F)O[C@H]4n2cnc3c(N)ncnc32)c(=O)[nH]1. The molecule has 0 aliphatic carbocycles. The Hall–Kier alpha value is -2.69. The van der Waals surface area contributed by atoms with E-state index in [2.05, 4.69) is 54.4 Å². The molecule has 4 aromatic heterocycles. The van der Waals surface area contributed by atoms with Crippen molar-refractivity contribution in [1.82, 2.24) is 39.0 Å². The zero-order chi connectivity index (χ0) is 31.8. The zero-order valence-corrected chi connectivity index (χ0v) is 25.9. The summed E-state index contributed by atoms with van der Waals surface area (Å²) in [6, 6.07) is 0. The quantitative estimate of drug-likeness (QED) is 0.122. The molecule has 3 saturated heterocycles. The standard InChI is InChI=1S/C20H23FN10O10P2S2/c21-8-12-7(39-18(8)31-5-27-10-16(31)28-20(23)29-17(10)33)2-37-43(35,45)41-13-11(32)6(1-36-42(34,44)40-12)38-19(13)30-4-26-9-14(22)24-3-25-15(9)30/h3-8,11-13,18-19,32H,1-2H2,(H,34,44)(H,35,45)(H2,22,24,25)(H3,23,28,29,33)/t6?,7?,8-,11-,12-,13-,18-,19-,42-,43-/m1/s1. The Balaban J connectivity index is 1.21. The molecule has 3 aliphatic heterocycles. The maximum atomic E-state index is 16.0. The molecule has 3 aliphatic rings. The molecule has 0 spiro atoms. The number of aliphatic hydroxyl groups excluding tert-OH is 1. The lowest BCUT2D eigenvalue weighted by molar-refractivity contribution is -0.0568. The van der Waals surface area contributed by atoms with Crippen LogP contribution in [0.2, 0.25) is 0 Å². The summed E-state index contributed by atoms with van der Waals surface area (Å²) in [7, 11) is 0. The second-order valence-electron chi connectivity index (χ2n) is 10.1. The van der Waals surface area contributed by atoms with Crippen molar-refractivity contribution in [1.29, 1.82) is 0 Å². The van der Waals surface area contributed by atoms with Crippen molar-refractivity contribution in [3.8, 4) is 0 Å². The molecule has 25 heteroatoms. The molecular weight excluding hydrogens is 685 g/mol. The smallest absolute Gasteiger partial charge is 0.386 e. The Morgan fingerprint density at radius 3 is 2.27 bits per heavy atom. The van der Waals surface area contributed by atoms with Crippen LogP contribution in [0.5, 0.6) is 0 Å². The summed E-state index contributed by atoms with van der Waals surface area (Å²) < 4.78 is 79.1. The highest BCUT2D eigenvalue weighted by atomic mass is 32.7. The summed E-state index contributed by atoms with van der Waals surface area (Å²) in [6.45, 7) is -10.1. The maximum Gasteiger partial charge on any atom is 0.386 e. The van der Waals surface area contributed by atoms with Crippen LogP contribution in [-0.4, -0.2) is 94.0 Å². The molecule has 0 saturated carbocycles. The van der Waals surface area contributed by atoms with E-state index in [0.29, 0.717) is 0 Å². The van der Waals surface area contributed by atoms with Crippen LogP contribution < -0.4 is 17.0 Å². The van der Waals surface area contributed by atoms with Crippen LogP contribution in [0.4, 0.5) is 16.2 Å². The summed E-state index contributed by atoms with van der Waals surface area (Å²) in [6.07, 6.45) is -8.71. The van der Waals surface area contributed by atoms with Gasteiger partial charge in [-0.25, -0.2) is 33.5 Å². The molecule has 3 fully saturated rings. The van der Waals surface area contributed by atoms with E-state index >= 15 is 4.39 Å². The predicted octanol–water partition coefficient (Wildman–Crippen LogP) is 0.511. The van der Waals surface area contributed by atoms with Crippen LogP contribution in [0.15, 0.2) is 23.8 Å². The predicted molar refractivity (Wildman–Crippen MR) is 156 cm³/mol. The van der Waals surface area contributed by atoms with Crippen LogP contribution >= 0.6 is 38.1 Å². The van der Waals surface area contributed by atoms with Crippen molar-refractivity contribution in [2.75, 3.05) is 24.7 Å². The molecule has 7 rings (SSSR count). The van der Waals surface area contributed by atoms with E-state index in [4.69, 9.17) is 39.0 Å². The Morgan fingerprint density at radius 2 is 1.53 bits per heavy atom. The summed E-state index contributed by atoms with van der Waals surface area (Å²) in [5.41, 5.74) is 11.0. The van der Waals surface area contributed by atoms with Gasteiger partial charge in [0.2, 0.25) is 5.95 Å². The fraction of sp³-hybridized carbons (Fsp3) is 0.500. The molecule has 10 atom stereocenters. The lowest BCUT2D eigenvalue weighted by Crippen LogP contribution is -2.35. The summed E-state index contributed by atoms with van der Waals surface area (Å²) in [4.78, 5) is 34.7. The monoisotopic (exact) mass is 708 g/mol. The van der Waals surface area contributed by atoms with Gasteiger partial charge in [-0.3, -0.25) is 37.0 Å². The number of hydrogen-bond acceptors (Lipinski definition) is 17. The Labute approximate surface area is 260 Å². The largest absolute Gasteiger partial charge is 0.387 e. The number of hydrogen-bond donors (Lipinski definition) is 6. The number of fused-ring (bicyclic) bond motifs is 5. The van der Waals surface area contributed by atoms with Gasteiger partial charge in [-0.15, -0.1) is 0 Å². The first kappa shape index (κ1) is 30.9. The van der Waals surface area contributed by atoms with Gasteiger partial charge in [0.05, 0.1) is 25.9 Å². The number of aliphatic hydroxyl groups is 1. The number of thiol groups is 2. The van der Waals surface area contributed by atoms with Gasteiger partial charge in [-0.2, -0.15) is 4.98 Å². The van der Waals surface area contributed by atoms with Gasteiger partial charge in [0.1, 0.15) is 42.4 Å². The molecule has 20 nitrogen and oxygen atoms in total. The van der Waals surface area contributed by atoms with Crippen molar-refractivity contribution >= 4 is 72.2 Å². The van der Waals surface area contributed by atoms with Crippen molar-refractivity contribution in [3.63, 3.8) is 0 Å². The van der Waals surface area contributed by atoms with Crippen molar-refractivity contribution in [3.05, 3.63) is 29.3 Å². The maximum absolute atomic E-state index is 16.0. The molecule has 0 radical (unpaired) electrons. The topological polar surface area (TPSA) is 269 Å². The molecule has 242 valence electrons. The number of alkyl halides is 1. The molecule has 2 unspecified atom stereocenters. The van der Waals surface area contributed by atoms with Crippen LogP contribution in [0, 0.1) is 0 Å². The van der Waals surface area contributed by atoms with Gasteiger partial charge in [0, 0.05) is 0 Å². The molecule has 6 N–H and O–H groups in total. The highest BCUT2D eigenvalue weighted by molar-refractivity contribution is 8.44. The second-order valence-corrected chi connectivity index (χ2v) is 15.8. The first-order valence-corrected chi connectivity index (χ1v) is 18.3. The van der Waals surface area contributed by atoms with Gasteiger partial charge >= 0.3 is 13.6 Å². The number of anilines is 2. The highest BCUT2D eigenvalue weighted by Crippen LogP contribution is 2.60. The third kappa shape index (κ3) is 5.54. The molecule has 0 amide bonds. The minimum absolute atomic E-state index is 0.0680. The average molecular weight is 709 g/mol. The summed E-state index contributed by atoms with van der Waals surface area (Å²) in [5.74, 6) is -0.193. The van der Waals surface area contributed by atoms with Gasteiger partial charge in [-0.05, 0) is 0 Å². The summed E-state index contributed by atoms with van der Waals surface area (Å²) >= 11 is 8.04. The van der Waals surface area contributed by atoms with E-state index in [-0.39, 0.29) is 34.1 Å². The number of nitrogens with zero attached hydrogens (tertiary/aromatic N) is 7. The van der Waals surface area contributed by atoms with Gasteiger partial charge in [0.15, 0.2) is 41.3 Å². The zero-order valence-electron chi connectivity index (χ0n) is 22.3. The average Bonchev–Trinajstić information content (AvgIpc) is 3.72. The van der Waals surface area contributed by atoms with E-state index in [1.165, 1.54) is 17.2 Å². The number of ether oxygens (including phenoxy) is 2. The Kier molecular flexibility index (Phi) is 7.72. The van der Waals surface area contributed by atoms with Crippen molar-refractivity contribution in [2.24, 2.45) is 0 Å². The number of nitrogen functional groups attached to an aromatic ring is 2. The van der Waals surface area contributed by atoms with Gasteiger partial charge in [0.25, 0.3) is 5.56 Å². The normalized spacial score (nSPS) is 37.7. The lowest BCUT2D eigenvalue weighted by Gasteiger charge is -2.26. The van der Waals surface area contributed by atoms with E-state index in [1.807, 2.05) is 0 Å². The van der Waals surface area contributed by atoms with Crippen LogP contribution in [0.25, 0.3) is 22.3 Å². The molecule has 45 heavy (non-hydrogen) atoms. The number of aromatic nitrogens is 8. The molecule has 2 bridgehead atoms. The van der Waals surface area contributed by atoms with E-state index in [1.54, 1.807) is 0 Å². The second kappa shape index (κ2) is 11.2. The fourth-order valence-corrected chi connectivity index (χ4v) is 8.20. The van der Waals surface area contributed by atoms with E-state index < -0.39 is 81.5 Å². The molecular formula is C20H23FN10O10P2S2. The van der Waals surface area contributed by atoms with Crippen LogP contribution in [0.1, 0.15) is 12.5 Å². The third-order valence-corrected chi connectivity index (χ3v) is 10.5. The minimum atomic E-state index is -4.42. The molecule has 0 aromatic carbocycles. The van der Waals surface area contributed by atoms with E-state index in [0.717, 1.165) is 10.9 Å². The highest BCUT2D eigenvalue weighted by Gasteiger charge is 2.54. The number of imidazole rings is 2. The van der Waals surface area contributed by atoms with Gasteiger partial charge < -0.3 is 26.0 Å². The number of nitrogens with one attached hydrogen (secondary N) is 1. The van der Waals surface area contributed by atoms with Crippen molar-refractivity contribution in [2.45, 2.75) is 49.1 Å².